The van der Waals surface area contributed by atoms with Crippen LogP contribution in [0.3, 0.4) is 0 Å². The first kappa shape index (κ1) is 22.7. The lowest BCUT2D eigenvalue weighted by Crippen LogP contribution is -2.44. The highest BCUT2D eigenvalue weighted by Crippen LogP contribution is 2.29. The molecule has 6 heteroatoms. The molecule has 0 aromatic heterocycles. The molecule has 2 aromatic rings. The van der Waals surface area contributed by atoms with Gasteiger partial charge in [0.25, 0.3) is 0 Å². The van der Waals surface area contributed by atoms with E-state index < -0.39 is 0 Å². The van der Waals surface area contributed by atoms with Crippen molar-refractivity contribution >= 4 is 5.91 Å². The molecule has 2 N–H and O–H groups in total. The maximum absolute atomic E-state index is 13.3. The van der Waals surface area contributed by atoms with Gasteiger partial charge in [0.1, 0.15) is 12.4 Å². The summed E-state index contributed by atoms with van der Waals surface area (Å²) < 4.78 is 24.5. The van der Waals surface area contributed by atoms with E-state index in [4.69, 9.17) is 9.47 Å². The Balaban J connectivity index is 1.94. The standard InChI is InChI=1S/C23H31FN2O3/c1-16(2)12-20(23(27)25-3)26-11-10-17-8-9-21(22(14-17)28-4)29-15-18-6-5-7-19(24)13-18/h5-9,13-14,16,20,26H,10-12,15H2,1-4H3,(H,25,27). The van der Waals surface area contributed by atoms with Crippen molar-refractivity contribution in [3.05, 3.63) is 59.4 Å². The number of benzene rings is 2. The van der Waals surface area contributed by atoms with E-state index in [1.807, 2.05) is 24.3 Å². The number of hydrogen-bond acceptors (Lipinski definition) is 4. The topological polar surface area (TPSA) is 59.6 Å². The highest BCUT2D eigenvalue weighted by molar-refractivity contribution is 5.81. The summed E-state index contributed by atoms with van der Waals surface area (Å²) in [6.45, 7) is 5.14. The number of ether oxygens (including phenoxy) is 2. The number of likely N-dealkylation sites (N-methyl/N-ethyl adjacent to an activating group) is 1. The van der Waals surface area contributed by atoms with E-state index in [-0.39, 0.29) is 24.4 Å². The predicted molar refractivity (Wildman–Crippen MR) is 113 cm³/mol. The third kappa shape index (κ3) is 7.38. The molecular weight excluding hydrogens is 371 g/mol. The lowest BCUT2D eigenvalue weighted by molar-refractivity contribution is -0.123. The van der Waals surface area contributed by atoms with Gasteiger partial charge >= 0.3 is 0 Å². The van der Waals surface area contributed by atoms with Gasteiger partial charge in [0.05, 0.1) is 13.2 Å². The first-order valence-corrected chi connectivity index (χ1v) is 9.92. The van der Waals surface area contributed by atoms with E-state index in [0.29, 0.717) is 24.0 Å². The van der Waals surface area contributed by atoms with Crippen LogP contribution in [0.5, 0.6) is 11.5 Å². The van der Waals surface area contributed by atoms with E-state index >= 15 is 0 Å². The molecule has 29 heavy (non-hydrogen) atoms. The largest absolute Gasteiger partial charge is 0.493 e. The number of carbonyl (C=O) groups is 1. The third-order valence-corrected chi connectivity index (χ3v) is 4.59. The molecule has 1 atom stereocenters. The third-order valence-electron chi connectivity index (χ3n) is 4.59. The number of halogens is 1. The van der Waals surface area contributed by atoms with Crippen molar-refractivity contribution in [2.75, 3.05) is 20.7 Å². The summed E-state index contributed by atoms with van der Waals surface area (Å²) in [5.74, 6) is 1.39. The van der Waals surface area contributed by atoms with Gasteiger partial charge in [-0.3, -0.25) is 4.79 Å². The van der Waals surface area contributed by atoms with Crippen LogP contribution in [0.25, 0.3) is 0 Å². The highest BCUT2D eigenvalue weighted by Gasteiger charge is 2.17. The molecule has 2 aromatic carbocycles. The first-order valence-electron chi connectivity index (χ1n) is 9.92. The van der Waals surface area contributed by atoms with Crippen LogP contribution in [-0.4, -0.2) is 32.7 Å². The van der Waals surface area contributed by atoms with Gasteiger partial charge in [0.2, 0.25) is 5.91 Å². The number of methoxy groups -OCH3 is 1. The van der Waals surface area contributed by atoms with Crippen LogP contribution < -0.4 is 20.1 Å². The van der Waals surface area contributed by atoms with E-state index in [1.54, 1.807) is 20.2 Å². The fraction of sp³-hybridized carbons (Fsp3) is 0.435. The number of rotatable bonds is 11. The van der Waals surface area contributed by atoms with Gasteiger partial charge in [-0.2, -0.15) is 0 Å². The van der Waals surface area contributed by atoms with Gasteiger partial charge in [-0.05, 0) is 60.7 Å². The van der Waals surface area contributed by atoms with Crippen molar-refractivity contribution in [3.63, 3.8) is 0 Å². The Kier molecular flexibility index (Phi) is 8.93. The molecule has 158 valence electrons. The minimum absolute atomic E-state index is 0.0115. The van der Waals surface area contributed by atoms with Gasteiger partial charge in [-0.15, -0.1) is 0 Å². The van der Waals surface area contributed by atoms with Crippen LogP contribution in [0.4, 0.5) is 4.39 Å². The average molecular weight is 403 g/mol. The summed E-state index contributed by atoms with van der Waals surface area (Å²) >= 11 is 0. The quantitative estimate of drug-likeness (QED) is 0.602. The smallest absolute Gasteiger partial charge is 0.236 e. The second-order valence-corrected chi connectivity index (χ2v) is 7.40. The zero-order valence-electron chi connectivity index (χ0n) is 17.6. The molecule has 0 heterocycles. The van der Waals surface area contributed by atoms with E-state index in [2.05, 4.69) is 24.5 Å². The van der Waals surface area contributed by atoms with Crippen molar-refractivity contribution in [3.8, 4) is 11.5 Å². The van der Waals surface area contributed by atoms with Crippen molar-refractivity contribution in [2.45, 2.75) is 39.3 Å². The zero-order chi connectivity index (χ0) is 21.2. The molecule has 0 saturated heterocycles. The minimum Gasteiger partial charge on any atom is -0.493 e. The molecule has 0 bridgehead atoms. The maximum Gasteiger partial charge on any atom is 0.236 e. The van der Waals surface area contributed by atoms with Crippen molar-refractivity contribution in [1.82, 2.24) is 10.6 Å². The fourth-order valence-electron chi connectivity index (χ4n) is 3.09. The second-order valence-electron chi connectivity index (χ2n) is 7.40. The first-order chi connectivity index (χ1) is 13.9. The maximum atomic E-state index is 13.3. The lowest BCUT2D eigenvalue weighted by Gasteiger charge is -2.19. The van der Waals surface area contributed by atoms with Gasteiger partial charge < -0.3 is 20.1 Å². The van der Waals surface area contributed by atoms with Crippen LogP contribution in [0, 0.1) is 11.7 Å². The molecule has 0 saturated carbocycles. The lowest BCUT2D eigenvalue weighted by atomic mass is 10.0. The predicted octanol–water partition coefficient (Wildman–Crippen LogP) is 3.71. The zero-order valence-corrected chi connectivity index (χ0v) is 17.6. The molecule has 1 unspecified atom stereocenters. The number of amides is 1. The van der Waals surface area contributed by atoms with Gasteiger partial charge in [0, 0.05) is 7.05 Å². The van der Waals surface area contributed by atoms with Crippen LogP contribution >= 0.6 is 0 Å². The molecule has 0 aliphatic rings. The summed E-state index contributed by atoms with van der Waals surface area (Å²) in [5.41, 5.74) is 1.83. The van der Waals surface area contributed by atoms with Crippen LogP contribution in [0.1, 0.15) is 31.4 Å². The number of nitrogens with one attached hydrogen (secondary N) is 2. The summed E-state index contributed by atoms with van der Waals surface area (Å²) in [6.07, 6.45) is 1.54. The summed E-state index contributed by atoms with van der Waals surface area (Å²) in [7, 11) is 3.25. The van der Waals surface area contributed by atoms with Gasteiger partial charge in [0.15, 0.2) is 11.5 Å². The van der Waals surface area contributed by atoms with Crippen LogP contribution in [-0.2, 0) is 17.8 Å². The molecule has 0 spiro atoms. The van der Waals surface area contributed by atoms with Gasteiger partial charge in [-0.25, -0.2) is 4.39 Å². The van der Waals surface area contributed by atoms with Gasteiger partial charge in [-0.1, -0.05) is 32.0 Å². The summed E-state index contributed by atoms with van der Waals surface area (Å²) in [4.78, 5) is 12.0. The molecule has 0 aliphatic carbocycles. The monoisotopic (exact) mass is 402 g/mol. The normalized spacial score (nSPS) is 11.9. The Hall–Kier alpha value is -2.60. The van der Waals surface area contributed by atoms with E-state index in [9.17, 15) is 9.18 Å². The van der Waals surface area contributed by atoms with E-state index in [0.717, 1.165) is 24.0 Å². The fourth-order valence-corrected chi connectivity index (χ4v) is 3.09. The Labute approximate surface area is 172 Å². The van der Waals surface area contributed by atoms with Crippen LogP contribution in [0.15, 0.2) is 42.5 Å². The van der Waals surface area contributed by atoms with E-state index in [1.165, 1.54) is 12.1 Å². The molecule has 1 amide bonds. The number of carbonyl (C=O) groups excluding carboxylic acids is 1. The van der Waals surface area contributed by atoms with Crippen molar-refractivity contribution < 1.29 is 18.7 Å². The van der Waals surface area contributed by atoms with Crippen LogP contribution in [0.2, 0.25) is 0 Å². The van der Waals surface area contributed by atoms with Crippen molar-refractivity contribution in [2.24, 2.45) is 5.92 Å². The Bertz CT molecular complexity index is 795. The Morgan fingerprint density at radius 3 is 2.55 bits per heavy atom. The Morgan fingerprint density at radius 2 is 1.90 bits per heavy atom. The molecule has 5 nitrogen and oxygen atoms in total. The Morgan fingerprint density at radius 1 is 1.10 bits per heavy atom. The molecule has 0 aliphatic heterocycles. The second kappa shape index (κ2) is 11.4. The summed E-state index contributed by atoms with van der Waals surface area (Å²) in [5, 5.41) is 6.05. The summed E-state index contributed by atoms with van der Waals surface area (Å²) in [6, 6.07) is 11.9. The molecular formula is C23H31FN2O3. The molecule has 0 radical (unpaired) electrons. The number of hydrogen-bond donors (Lipinski definition) is 2. The average Bonchev–Trinajstić information content (AvgIpc) is 2.71. The highest BCUT2D eigenvalue weighted by atomic mass is 19.1. The van der Waals surface area contributed by atoms with Crippen molar-refractivity contribution in [1.29, 1.82) is 0 Å². The molecule has 0 fully saturated rings. The molecule has 2 rings (SSSR count). The minimum atomic E-state index is -0.284. The SMILES string of the molecule is CNC(=O)C(CC(C)C)NCCc1ccc(OCc2cccc(F)c2)c(OC)c1.